The van der Waals surface area contributed by atoms with E-state index in [9.17, 15) is 4.79 Å². The normalized spacial score (nSPS) is 10.9. The predicted molar refractivity (Wildman–Crippen MR) is 103 cm³/mol. The molecule has 2 aromatic carbocycles. The number of rotatable bonds is 6. The van der Waals surface area contributed by atoms with Crippen LogP contribution in [0.1, 0.15) is 28.4 Å². The molecule has 0 aliphatic carbocycles. The SMILES string of the molecule is CCN(C)/C=N/c1cc(Cl)c(C(=O)OCc2ccccc2C)cc1Cl. The molecule has 0 spiro atoms. The Labute approximate surface area is 158 Å². The smallest absolute Gasteiger partial charge is 0.340 e. The van der Waals surface area contributed by atoms with Crippen molar-refractivity contribution in [1.82, 2.24) is 4.90 Å². The van der Waals surface area contributed by atoms with Crippen molar-refractivity contribution in [3.63, 3.8) is 0 Å². The third-order valence-corrected chi connectivity index (χ3v) is 4.38. The summed E-state index contributed by atoms with van der Waals surface area (Å²) < 4.78 is 5.36. The highest BCUT2D eigenvalue weighted by atomic mass is 35.5. The summed E-state index contributed by atoms with van der Waals surface area (Å²) in [7, 11) is 1.90. The van der Waals surface area contributed by atoms with Gasteiger partial charge in [-0.05, 0) is 37.1 Å². The lowest BCUT2D eigenvalue weighted by Gasteiger charge is -2.11. The van der Waals surface area contributed by atoms with Gasteiger partial charge < -0.3 is 9.64 Å². The zero-order chi connectivity index (χ0) is 18.4. The number of aryl methyl sites for hydroxylation is 1. The third kappa shape index (κ3) is 5.21. The van der Waals surface area contributed by atoms with E-state index in [1.54, 1.807) is 12.4 Å². The monoisotopic (exact) mass is 378 g/mol. The van der Waals surface area contributed by atoms with E-state index in [4.69, 9.17) is 27.9 Å². The summed E-state index contributed by atoms with van der Waals surface area (Å²) in [5, 5.41) is 0.596. The van der Waals surface area contributed by atoms with Crippen LogP contribution in [-0.2, 0) is 11.3 Å². The van der Waals surface area contributed by atoms with Gasteiger partial charge in [-0.2, -0.15) is 0 Å². The summed E-state index contributed by atoms with van der Waals surface area (Å²) in [6.07, 6.45) is 1.66. The van der Waals surface area contributed by atoms with E-state index in [2.05, 4.69) is 4.99 Å². The van der Waals surface area contributed by atoms with E-state index < -0.39 is 5.97 Å². The van der Waals surface area contributed by atoms with Crippen LogP contribution in [0.4, 0.5) is 5.69 Å². The van der Waals surface area contributed by atoms with Gasteiger partial charge in [-0.3, -0.25) is 0 Å². The van der Waals surface area contributed by atoms with Crippen LogP contribution in [-0.4, -0.2) is 30.8 Å². The highest BCUT2D eigenvalue weighted by molar-refractivity contribution is 6.37. The number of hydrogen-bond acceptors (Lipinski definition) is 3. The number of hydrogen-bond donors (Lipinski definition) is 0. The van der Waals surface area contributed by atoms with Gasteiger partial charge in [0.05, 0.1) is 27.6 Å². The molecule has 0 amide bonds. The molecule has 0 saturated carbocycles. The van der Waals surface area contributed by atoms with Crippen molar-refractivity contribution in [3.05, 3.63) is 63.1 Å². The number of esters is 1. The van der Waals surface area contributed by atoms with Crippen LogP contribution in [0.15, 0.2) is 41.4 Å². The maximum absolute atomic E-state index is 12.3. The molecular formula is C19H20Cl2N2O2. The maximum Gasteiger partial charge on any atom is 0.340 e. The molecule has 0 aromatic heterocycles. The first-order valence-electron chi connectivity index (χ1n) is 7.87. The van der Waals surface area contributed by atoms with E-state index >= 15 is 0 Å². The fourth-order valence-electron chi connectivity index (χ4n) is 2.03. The lowest BCUT2D eigenvalue weighted by molar-refractivity contribution is 0.0472. The summed E-state index contributed by atoms with van der Waals surface area (Å²) in [6, 6.07) is 10.8. The highest BCUT2D eigenvalue weighted by Gasteiger charge is 2.15. The van der Waals surface area contributed by atoms with Crippen molar-refractivity contribution < 1.29 is 9.53 Å². The molecule has 0 unspecified atom stereocenters. The predicted octanol–water partition coefficient (Wildman–Crippen LogP) is 5.27. The molecule has 0 N–H and O–H groups in total. The van der Waals surface area contributed by atoms with Gasteiger partial charge in [0.2, 0.25) is 0 Å². The lowest BCUT2D eigenvalue weighted by Crippen LogP contribution is -2.14. The third-order valence-electron chi connectivity index (χ3n) is 3.77. The van der Waals surface area contributed by atoms with Gasteiger partial charge in [0.15, 0.2) is 0 Å². The minimum absolute atomic E-state index is 0.181. The van der Waals surface area contributed by atoms with Gasteiger partial charge >= 0.3 is 5.97 Å². The molecule has 2 aromatic rings. The van der Waals surface area contributed by atoms with E-state index in [1.165, 1.54) is 6.07 Å². The molecule has 0 radical (unpaired) electrons. The summed E-state index contributed by atoms with van der Waals surface area (Å²) in [6.45, 7) is 4.97. The van der Waals surface area contributed by atoms with E-state index in [0.29, 0.717) is 10.7 Å². The average molecular weight is 379 g/mol. The molecule has 0 atom stereocenters. The number of carbonyl (C=O) groups is 1. The molecular weight excluding hydrogens is 359 g/mol. The van der Waals surface area contributed by atoms with Gasteiger partial charge in [0.25, 0.3) is 0 Å². The standard InChI is InChI=1S/C19H20Cl2N2O2/c1-4-23(3)12-22-18-10-16(20)15(9-17(18)21)19(24)25-11-14-8-6-5-7-13(14)2/h5-10,12H,4,11H2,1-3H3/b22-12+. The zero-order valence-electron chi connectivity index (χ0n) is 14.4. The van der Waals surface area contributed by atoms with Crippen LogP contribution in [0, 0.1) is 6.92 Å². The fourth-order valence-corrected chi connectivity index (χ4v) is 2.47. The Hall–Kier alpha value is -2.04. The van der Waals surface area contributed by atoms with Crippen molar-refractivity contribution in [3.8, 4) is 0 Å². The Morgan fingerprint density at radius 3 is 2.64 bits per heavy atom. The van der Waals surface area contributed by atoms with Gasteiger partial charge in [-0.25, -0.2) is 9.79 Å². The second-order valence-corrected chi connectivity index (χ2v) is 6.42. The van der Waals surface area contributed by atoms with Gasteiger partial charge in [-0.15, -0.1) is 0 Å². The number of halogens is 2. The maximum atomic E-state index is 12.3. The van der Waals surface area contributed by atoms with Crippen LogP contribution in [0.3, 0.4) is 0 Å². The van der Waals surface area contributed by atoms with Crippen LogP contribution in [0.5, 0.6) is 0 Å². The zero-order valence-corrected chi connectivity index (χ0v) is 15.9. The van der Waals surface area contributed by atoms with E-state index in [0.717, 1.165) is 17.7 Å². The Morgan fingerprint density at radius 2 is 1.96 bits per heavy atom. The quantitative estimate of drug-likeness (QED) is 0.390. The van der Waals surface area contributed by atoms with Gasteiger partial charge in [0, 0.05) is 13.6 Å². The first-order chi connectivity index (χ1) is 11.9. The summed E-state index contributed by atoms with van der Waals surface area (Å²) >= 11 is 12.4. The molecule has 0 heterocycles. The van der Waals surface area contributed by atoms with Crippen LogP contribution in [0.25, 0.3) is 0 Å². The molecule has 0 bridgehead atoms. The summed E-state index contributed by atoms with van der Waals surface area (Å²) in [5.74, 6) is -0.517. The topological polar surface area (TPSA) is 41.9 Å². The van der Waals surface area contributed by atoms with Crippen molar-refractivity contribution in [2.75, 3.05) is 13.6 Å². The molecule has 0 aliphatic rings. The second kappa shape index (κ2) is 8.88. The Kier molecular flexibility index (Phi) is 6.85. The van der Waals surface area contributed by atoms with E-state index in [-0.39, 0.29) is 17.2 Å². The number of benzene rings is 2. The van der Waals surface area contributed by atoms with Crippen molar-refractivity contribution >= 4 is 41.2 Å². The lowest BCUT2D eigenvalue weighted by atomic mass is 10.1. The van der Waals surface area contributed by atoms with Crippen molar-refractivity contribution in [1.29, 1.82) is 0 Å². The molecule has 6 heteroatoms. The largest absolute Gasteiger partial charge is 0.457 e. The molecule has 0 fully saturated rings. The average Bonchev–Trinajstić information content (AvgIpc) is 2.60. The fraction of sp³-hybridized carbons (Fsp3) is 0.263. The Morgan fingerprint density at radius 1 is 1.24 bits per heavy atom. The minimum Gasteiger partial charge on any atom is -0.457 e. The second-order valence-electron chi connectivity index (χ2n) is 5.60. The number of ether oxygens (including phenoxy) is 1. The molecule has 132 valence electrons. The van der Waals surface area contributed by atoms with Crippen molar-refractivity contribution in [2.24, 2.45) is 4.99 Å². The van der Waals surface area contributed by atoms with Gasteiger partial charge in [0.1, 0.15) is 6.61 Å². The number of carbonyl (C=O) groups excluding carboxylic acids is 1. The van der Waals surface area contributed by atoms with E-state index in [1.807, 2.05) is 50.1 Å². The Bertz CT molecular complexity index is 791. The molecule has 0 saturated heterocycles. The molecule has 0 aliphatic heterocycles. The minimum atomic E-state index is -0.517. The molecule has 25 heavy (non-hydrogen) atoms. The van der Waals surface area contributed by atoms with Gasteiger partial charge in [-0.1, -0.05) is 47.5 Å². The molecule has 2 rings (SSSR count). The first kappa shape index (κ1) is 19.3. The van der Waals surface area contributed by atoms with Crippen LogP contribution < -0.4 is 0 Å². The summed E-state index contributed by atoms with van der Waals surface area (Å²) in [4.78, 5) is 18.5. The summed E-state index contributed by atoms with van der Waals surface area (Å²) in [5.41, 5.74) is 2.73. The molecule has 4 nitrogen and oxygen atoms in total. The highest BCUT2D eigenvalue weighted by Crippen LogP contribution is 2.32. The van der Waals surface area contributed by atoms with Crippen molar-refractivity contribution in [2.45, 2.75) is 20.5 Å². The number of aliphatic imine (C=N–C) groups is 1. The number of nitrogens with zero attached hydrogens (tertiary/aromatic N) is 2. The van der Waals surface area contributed by atoms with Crippen LogP contribution >= 0.6 is 23.2 Å². The van der Waals surface area contributed by atoms with Crippen LogP contribution in [0.2, 0.25) is 10.0 Å². The Balaban J connectivity index is 2.13. The first-order valence-corrected chi connectivity index (χ1v) is 8.63.